The molecule has 2 rings (SSSR count). The normalized spacial score (nSPS) is 16.0. The van der Waals surface area contributed by atoms with Crippen molar-refractivity contribution in [3.63, 3.8) is 0 Å². The molecule has 1 aliphatic rings. The van der Waals surface area contributed by atoms with Crippen LogP contribution in [-0.2, 0) is 11.3 Å². The molecular weight excluding hydrogens is 413 g/mol. The number of methoxy groups -OCH3 is 1. The monoisotopic (exact) mass is 445 g/mol. The summed E-state index contributed by atoms with van der Waals surface area (Å²) in [7, 11) is 1.81. The van der Waals surface area contributed by atoms with E-state index < -0.39 is 0 Å². The van der Waals surface area contributed by atoms with Crippen molar-refractivity contribution in [3.8, 4) is 0 Å². The van der Waals surface area contributed by atoms with E-state index in [1.165, 1.54) is 24.0 Å². The predicted molar refractivity (Wildman–Crippen MR) is 112 cm³/mol. The fraction of sp³-hybridized carbons (Fsp3) is 0.632. The van der Waals surface area contributed by atoms with Crippen molar-refractivity contribution in [2.75, 3.05) is 26.7 Å². The molecule has 0 saturated carbocycles. The highest BCUT2D eigenvalue weighted by Crippen LogP contribution is 2.13. The minimum Gasteiger partial charge on any atom is -0.381 e. The zero-order valence-corrected chi connectivity index (χ0v) is 17.6. The van der Waals surface area contributed by atoms with Gasteiger partial charge in [-0.25, -0.2) is 4.99 Å². The molecule has 1 aromatic rings. The van der Waals surface area contributed by atoms with Gasteiger partial charge in [-0.05, 0) is 31.7 Å². The highest BCUT2D eigenvalue weighted by Gasteiger charge is 2.21. The Morgan fingerprint density at radius 2 is 1.92 bits per heavy atom. The lowest BCUT2D eigenvalue weighted by Crippen LogP contribution is -2.47. The lowest BCUT2D eigenvalue weighted by atomic mass is 10.1. The molecule has 0 aliphatic carbocycles. The molecule has 0 aromatic heterocycles. The molecule has 1 saturated heterocycles. The van der Waals surface area contributed by atoms with E-state index in [4.69, 9.17) is 9.73 Å². The first-order chi connectivity index (χ1) is 11.2. The quantitative estimate of drug-likeness (QED) is 0.312. The molecule has 5 heteroatoms. The molecule has 1 fully saturated rings. The zero-order chi connectivity index (χ0) is 16.5. The number of nitrogens with one attached hydrogen (secondary N) is 1. The molecule has 0 amide bonds. The third-order valence-corrected chi connectivity index (χ3v) is 4.42. The minimum absolute atomic E-state index is 0. The lowest BCUT2D eigenvalue weighted by Gasteiger charge is -2.33. The Bertz CT molecular complexity index is 482. The number of hydrogen-bond acceptors (Lipinski definition) is 2. The molecule has 0 radical (unpaired) electrons. The Kier molecular flexibility index (Phi) is 10.3. The highest BCUT2D eigenvalue weighted by molar-refractivity contribution is 14.0. The number of aliphatic imine (C=N–C) groups is 1. The van der Waals surface area contributed by atoms with Gasteiger partial charge in [0, 0.05) is 26.7 Å². The Morgan fingerprint density at radius 3 is 2.50 bits per heavy atom. The van der Waals surface area contributed by atoms with Gasteiger partial charge in [-0.2, -0.15) is 0 Å². The number of halogens is 1. The van der Waals surface area contributed by atoms with Crippen LogP contribution in [-0.4, -0.2) is 43.7 Å². The van der Waals surface area contributed by atoms with Crippen LogP contribution in [0.15, 0.2) is 29.3 Å². The summed E-state index contributed by atoms with van der Waals surface area (Å²) >= 11 is 0. The van der Waals surface area contributed by atoms with Crippen molar-refractivity contribution in [2.24, 2.45) is 4.99 Å². The number of nitrogens with zero attached hydrogens (tertiary/aromatic N) is 2. The van der Waals surface area contributed by atoms with E-state index in [1.54, 1.807) is 0 Å². The second kappa shape index (κ2) is 11.7. The average molecular weight is 445 g/mol. The maximum atomic E-state index is 5.47. The van der Waals surface area contributed by atoms with Crippen molar-refractivity contribution < 1.29 is 4.74 Å². The van der Waals surface area contributed by atoms with E-state index in [1.807, 2.05) is 7.11 Å². The van der Waals surface area contributed by atoms with E-state index in [0.717, 1.165) is 45.0 Å². The van der Waals surface area contributed by atoms with Crippen LogP contribution < -0.4 is 5.32 Å². The van der Waals surface area contributed by atoms with Gasteiger partial charge in [0.1, 0.15) is 0 Å². The number of rotatable bonds is 6. The molecular formula is C19H32IN3O. The number of guanidine groups is 1. The maximum Gasteiger partial charge on any atom is 0.194 e. The molecule has 0 atom stereocenters. The number of likely N-dealkylation sites (tertiary alicyclic amines) is 1. The Balaban J connectivity index is 0.00000288. The number of aryl methyl sites for hydroxylation is 1. The number of piperidine rings is 1. The maximum absolute atomic E-state index is 5.47. The van der Waals surface area contributed by atoms with Crippen molar-refractivity contribution in [1.82, 2.24) is 10.2 Å². The number of benzene rings is 1. The summed E-state index contributed by atoms with van der Waals surface area (Å²) in [6, 6.07) is 8.64. The number of hydrogen-bond donors (Lipinski definition) is 1. The number of unbranched alkanes of at least 4 members (excludes halogenated alkanes) is 1. The van der Waals surface area contributed by atoms with E-state index in [-0.39, 0.29) is 24.0 Å². The smallest absolute Gasteiger partial charge is 0.194 e. The number of ether oxygens (including phenoxy) is 1. The van der Waals surface area contributed by atoms with Crippen molar-refractivity contribution in [3.05, 3.63) is 35.4 Å². The van der Waals surface area contributed by atoms with Crippen molar-refractivity contribution in [2.45, 2.75) is 52.2 Å². The van der Waals surface area contributed by atoms with Crippen LogP contribution in [0.3, 0.4) is 0 Å². The van der Waals surface area contributed by atoms with Gasteiger partial charge in [-0.3, -0.25) is 0 Å². The largest absolute Gasteiger partial charge is 0.381 e. The summed E-state index contributed by atoms with van der Waals surface area (Å²) in [5.41, 5.74) is 2.55. The van der Waals surface area contributed by atoms with E-state index in [9.17, 15) is 0 Å². The zero-order valence-electron chi connectivity index (χ0n) is 15.3. The second-order valence-corrected chi connectivity index (χ2v) is 6.33. The lowest BCUT2D eigenvalue weighted by molar-refractivity contribution is 0.0570. The van der Waals surface area contributed by atoms with Gasteiger partial charge >= 0.3 is 0 Å². The predicted octanol–water partition coefficient (Wildman–Crippen LogP) is 3.97. The molecule has 4 nitrogen and oxygen atoms in total. The minimum atomic E-state index is 0. The molecule has 0 unspecified atom stereocenters. The van der Waals surface area contributed by atoms with Gasteiger partial charge in [0.2, 0.25) is 0 Å². The molecule has 1 N–H and O–H groups in total. The Morgan fingerprint density at radius 1 is 1.25 bits per heavy atom. The van der Waals surface area contributed by atoms with Crippen molar-refractivity contribution >= 4 is 29.9 Å². The van der Waals surface area contributed by atoms with E-state index in [0.29, 0.717) is 6.10 Å². The fourth-order valence-electron chi connectivity index (χ4n) is 2.81. The van der Waals surface area contributed by atoms with Gasteiger partial charge in [0.25, 0.3) is 0 Å². The van der Waals surface area contributed by atoms with Crippen LogP contribution in [0, 0.1) is 6.92 Å². The topological polar surface area (TPSA) is 36.9 Å². The van der Waals surface area contributed by atoms with E-state index in [2.05, 4.69) is 48.3 Å². The van der Waals surface area contributed by atoms with Crippen LogP contribution in [0.2, 0.25) is 0 Å². The Hall–Kier alpha value is -0.820. The van der Waals surface area contributed by atoms with Crippen LogP contribution in [0.5, 0.6) is 0 Å². The Labute approximate surface area is 164 Å². The van der Waals surface area contributed by atoms with E-state index >= 15 is 0 Å². The van der Waals surface area contributed by atoms with Gasteiger partial charge < -0.3 is 15.0 Å². The van der Waals surface area contributed by atoms with Gasteiger partial charge in [-0.15, -0.1) is 24.0 Å². The van der Waals surface area contributed by atoms with Crippen LogP contribution >= 0.6 is 24.0 Å². The molecule has 136 valence electrons. The van der Waals surface area contributed by atoms with Gasteiger partial charge in [0.15, 0.2) is 5.96 Å². The highest BCUT2D eigenvalue weighted by atomic mass is 127. The standard InChI is InChI=1S/C19H31N3O.HI/c1-4-5-12-20-19(22-13-10-18(23-3)11-14-22)21-15-17-8-6-16(2)7-9-17;/h6-9,18H,4-5,10-15H2,1-3H3,(H,20,21);1H. The molecule has 1 aromatic carbocycles. The summed E-state index contributed by atoms with van der Waals surface area (Å²) in [5, 5.41) is 3.54. The van der Waals surface area contributed by atoms with Crippen LogP contribution in [0.25, 0.3) is 0 Å². The average Bonchev–Trinajstić information content (AvgIpc) is 2.59. The summed E-state index contributed by atoms with van der Waals surface area (Å²) in [5.74, 6) is 1.05. The van der Waals surface area contributed by atoms with Crippen LogP contribution in [0.1, 0.15) is 43.7 Å². The third kappa shape index (κ3) is 6.97. The summed E-state index contributed by atoms with van der Waals surface area (Å²) in [4.78, 5) is 7.24. The SMILES string of the molecule is CCCCNC(=NCc1ccc(C)cc1)N1CCC(OC)CC1.I. The first-order valence-electron chi connectivity index (χ1n) is 8.84. The fourth-order valence-corrected chi connectivity index (χ4v) is 2.81. The van der Waals surface area contributed by atoms with Crippen LogP contribution in [0.4, 0.5) is 0 Å². The third-order valence-electron chi connectivity index (χ3n) is 4.42. The second-order valence-electron chi connectivity index (χ2n) is 6.33. The summed E-state index contributed by atoms with van der Waals surface area (Å²) < 4.78 is 5.47. The van der Waals surface area contributed by atoms with Crippen molar-refractivity contribution in [1.29, 1.82) is 0 Å². The molecule has 24 heavy (non-hydrogen) atoms. The molecule has 1 heterocycles. The van der Waals surface area contributed by atoms with Gasteiger partial charge in [-0.1, -0.05) is 43.2 Å². The summed E-state index contributed by atoms with van der Waals surface area (Å²) in [6.45, 7) is 8.10. The van der Waals surface area contributed by atoms with Gasteiger partial charge in [0.05, 0.1) is 12.6 Å². The molecule has 0 spiro atoms. The summed E-state index contributed by atoms with van der Waals surface area (Å²) in [6.07, 6.45) is 4.94. The first kappa shape index (κ1) is 21.2. The first-order valence-corrected chi connectivity index (χ1v) is 8.84. The molecule has 1 aliphatic heterocycles. The molecule has 0 bridgehead atoms.